The molecule has 0 amide bonds. The Bertz CT molecular complexity index is 1140. The van der Waals surface area contributed by atoms with Gasteiger partial charge in [0.15, 0.2) is 11.9 Å². The fourth-order valence-electron chi connectivity index (χ4n) is 2.58. The van der Waals surface area contributed by atoms with Gasteiger partial charge >= 0.3 is 5.97 Å². The summed E-state index contributed by atoms with van der Waals surface area (Å²) in [5, 5.41) is 0.445. The van der Waals surface area contributed by atoms with Crippen molar-refractivity contribution in [2.45, 2.75) is 24.3 Å². The molecule has 0 aliphatic heterocycles. The molecule has 146 valence electrons. The Kier molecular flexibility index (Phi) is 5.86. The molecule has 0 saturated carbocycles. The maximum absolute atomic E-state index is 12.1. The zero-order valence-corrected chi connectivity index (χ0v) is 15.9. The predicted molar refractivity (Wildman–Crippen MR) is 103 cm³/mol. The number of benzene rings is 2. The second-order valence-corrected chi connectivity index (χ2v) is 7.83. The quantitative estimate of drug-likeness (QED) is 0.584. The highest BCUT2D eigenvalue weighted by Crippen LogP contribution is 2.15. The van der Waals surface area contributed by atoms with E-state index < -0.39 is 22.1 Å². The van der Waals surface area contributed by atoms with E-state index in [0.29, 0.717) is 10.9 Å². The van der Waals surface area contributed by atoms with E-state index in [1.807, 2.05) is 0 Å². The molecule has 2 aromatic carbocycles. The van der Waals surface area contributed by atoms with Crippen molar-refractivity contribution in [3.05, 3.63) is 70.8 Å². The molecule has 1 atom stereocenters. The molecule has 0 fully saturated rings. The summed E-state index contributed by atoms with van der Waals surface area (Å²) in [7, 11) is -3.68. The summed E-state index contributed by atoms with van der Waals surface area (Å²) in [6.07, 6.45) is -0.940. The number of ether oxygens (including phenoxy) is 1. The number of carbonyl (C=O) groups is 1. The number of aromatic nitrogens is 2. The van der Waals surface area contributed by atoms with E-state index in [1.54, 1.807) is 49.4 Å². The van der Waals surface area contributed by atoms with Gasteiger partial charge in [0.05, 0.1) is 22.2 Å². The summed E-state index contributed by atoms with van der Waals surface area (Å²) < 4.78 is 31.8. The minimum absolute atomic E-state index is 0.107. The molecule has 0 radical (unpaired) electrons. The Morgan fingerprint density at radius 2 is 1.82 bits per heavy atom. The maximum atomic E-state index is 12.1. The highest BCUT2D eigenvalue weighted by Gasteiger charge is 2.17. The van der Waals surface area contributed by atoms with Crippen LogP contribution in [-0.4, -0.2) is 30.9 Å². The first-order valence-corrected chi connectivity index (χ1v) is 10.1. The SMILES string of the molecule is C[C@H](OC(=O)CCNS(=O)(=O)c1ccccc1)c1nc2ccccc2c(=O)[nH]1. The number of hydrogen-bond donors (Lipinski definition) is 2. The number of esters is 1. The highest BCUT2D eigenvalue weighted by molar-refractivity contribution is 7.89. The molecule has 0 saturated heterocycles. The Morgan fingerprint density at radius 1 is 1.14 bits per heavy atom. The van der Waals surface area contributed by atoms with E-state index in [9.17, 15) is 18.0 Å². The molecule has 0 unspecified atom stereocenters. The second kappa shape index (κ2) is 8.32. The van der Waals surface area contributed by atoms with Crippen LogP contribution < -0.4 is 10.3 Å². The molecule has 0 spiro atoms. The van der Waals surface area contributed by atoms with Gasteiger partial charge in [-0.1, -0.05) is 30.3 Å². The smallest absolute Gasteiger partial charge is 0.307 e. The maximum Gasteiger partial charge on any atom is 0.307 e. The van der Waals surface area contributed by atoms with Crippen LogP contribution in [0, 0.1) is 0 Å². The highest BCUT2D eigenvalue weighted by atomic mass is 32.2. The number of hydrogen-bond acceptors (Lipinski definition) is 6. The average Bonchev–Trinajstić information content (AvgIpc) is 2.68. The second-order valence-electron chi connectivity index (χ2n) is 6.06. The van der Waals surface area contributed by atoms with Gasteiger partial charge in [-0.3, -0.25) is 9.59 Å². The first-order chi connectivity index (χ1) is 13.4. The third-order valence-electron chi connectivity index (χ3n) is 4.00. The largest absolute Gasteiger partial charge is 0.454 e. The normalized spacial score (nSPS) is 12.6. The summed E-state index contributed by atoms with van der Waals surface area (Å²) in [6, 6.07) is 14.7. The average molecular weight is 401 g/mol. The van der Waals surface area contributed by atoms with Gasteiger partial charge in [0, 0.05) is 6.54 Å². The zero-order valence-electron chi connectivity index (χ0n) is 15.1. The van der Waals surface area contributed by atoms with Crippen molar-refractivity contribution in [1.29, 1.82) is 0 Å². The number of fused-ring (bicyclic) bond motifs is 1. The number of aromatic amines is 1. The van der Waals surface area contributed by atoms with Crippen LogP contribution in [0.2, 0.25) is 0 Å². The van der Waals surface area contributed by atoms with E-state index in [2.05, 4.69) is 14.7 Å². The summed E-state index contributed by atoms with van der Waals surface area (Å²) in [5.41, 5.74) is 0.180. The zero-order chi connectivity index (χ0) is 20.1. The monoisotopic (exact) mass is 401 g/mol. The first kappa shape index (κ1) is 19.7. The van der Waals surface area contributed by atoms with Gasteiger partial charge in [-0.05, 0) is 31.2 Å². The molecule has 9 heteroatoms. The molecule has 3 rings (SSSR count). The number of carbonyl (C=O) groups excluding carboxylic acids is 1. The number of para-hydroxylation sites is 1. The van der Waals surface area contributed by atoms with Crippen molar-refractivity contribution in [2.24, 2.45) is 0 Å². The van der Waals surface area contributed by atoms with Crippen LogP contribution in [0.4, 0.5) is 0 Å². The summed E-state index contributed by atoms with van der Waals surface area (Å²) in [4.78, 5) is 31.1. The number of nitrogens with zero attached hydrogens (tertiary/aromatic N) is 1. The van der Waals surface area contributed by atoms with Gasteiger partial charge in [0.1, 0.15) is 0 Å². The predicted octanol–water partition coefficient (Wildman–Crippen LogP) is 1.90. The van der Waals surface area contributed by atoms with Gasteiger partial charge in [0.25, 0.3) is 5.56 Å². The number of sulfonamides is 1. The molecule has 0 aliphatic carbocycles. The van der Waals surface area contributed by atoms with Crippen LogP contribution >= 0.6 is 0 Å². The number of H-pyrrole nitrogens is 1. The van der Waals surface area contributed by atoms with Crippen molar-refractivity contribution in [1.82, 2.24) is 14.7 Å². The molecule has 0 aliphatic rings. The van der Waals surface area contributed by atoms with Crippen molar-refractivity contribution in [2.75, 3.05) is 6.54 Å². The lowest BCUT2D eigenvalue weighted by atomic mass is 10.2. The minimum Gasteiger partial charge on any atom is -0.454 e. The molecular weight excluding hydrogens is 382 g/mol. The standard InChI is InChI=1S/C19H19N3O5S/c1-13(18-21-16-10-6-5-9-15(16)19(24)22-18)27-17(23)11-12-20-28(25,26)14-7-3-2-4-8-14/h2-10,13,20H,11-12H2,1H3,(H,21,22,24)/t13-/m0/s1. The Labute approximate surface area is 161 Å². The van der Waals surface area contributed by atoms with E-state index in [-0.39, 0.29) is 29.2 Å². The summed E-state index contributed by atoms with van der Waals surface area (Å²) >= 11 is 0. The van der Waals surface area contributed by atoms with Gasteiger partial charge in [0.2, 0.25) is 10.0 Å². The van der Waals surface area contributed by atoms with Crippen molar-refractivity contribution in [3.8, 4) is 0 Å². The summed E-state index contributed by atoms with van der Waals surface area (Å²) in [6.45, 7) is 1.48. The van der Waals surface area contributed by atoms with Crippen LogP contribution in [0.25, 0.3) is 10.9 Å². The molecule has 3 aromatic rings. The molecule has 28 heavy (non-hydrogen) atoms. The third kappa shape index (κ3) is 4.62. The summed E-state index contributed by atoms with van der Waals surface area (Å²) in [5.74, 6) is -0.388. The van der Waals surface area contributed by atoms with Gasteiger partial charge in [-0.25, -0.2) is 18.1 Å². The van der Waals surface area contributed by atoms with Crippen LogP contribution in [-0.2, 0) is 19.6 Å². The van der Waals surface area contributed by atoms with E-state index in [0.717, 1.165) is 0 Å². The molecule has 8 nitrogen and oxygen atoms in total. The van der Waals surface area contributed by atoms with Gasteiger partial charge < -0.3 is 9.72 Å². The molecule has 2 N–H and O–H groups in total. The van der Waals surface area contributed by atoms with Crippen molar-refractivity contribution in [3.63, 3.8) is 0 Å². The fraction of sp³-hybridized carbons (Fsp3) is 0.211. The van der Waals surface area contributed by atoms with Crippen LogP contribution in [0.5, 0.6) is 0 Å². The lowest BCUT2D eigenvalue weighted by Crippen LogP contribution is -2.27. The Morgan fingerprint density at radius 3 is 2.57 bits per heavy atom. The van der Waals surface area contributed by atoms with E-state index >= 15 is 0 Å². The molecule has 1 heterocycles. The fourth-order valence-corrected chi connectivity index (χ4v) is 3.63. The topological polar surface area (TPSA) is 118 Å². The van der Waals surface area contributed by atoms with Crippen LogP contribution in [0.1, 0.15) is 25.3 Å². The molecule has 0 bridgehead atoms. The number of rotatable bonds is 7. The van der Waals surface area contributed by atoms with Gasteiger partial charge in [-0.15, -0.1) is 0 Å². The van der Waals surface area contributed by atoms with Crippen LogP contribution in [0.3, 0.4) is 0 Å². The lowest BCUT2D eigenvalue weighted by molar-refractivity contribution is -0.148. The Balaban J connectivity index is 1.58. The first-order valence-electron chi connectivity index (χ1n) is 8.60. The molecule has 1 aromatic heterocycles. The van der Waals surface area contributed by atoms with Crippen LogP contribution in [0.15, 0.2) is 64.3 Å². The third-order valence-corrected chi connectivity index (χ3v) is 5.48. The van der Waals surface area contributed by atoms with Gasteiger partial charge in [-0.2, -0.15) is 0 Å². The minimum atomic E-state index is -3.68. The number of nitrogens with one attached hydrogen (secondary N) is 2. The van der Waals surface area contributed by atoms with Crippen molar-refractivity contribution < 1.29 is 17.9 Å². The lowest BCUT2D eigenvalue weighted by Gasteiger charge is -2.13. The van der Waals surface area contributed by atoms with E-state index in [4.69, 9.17) is 4.74 Å². The molecular formula is C19H19N3O5S. The Hall–Kier alpha value is -3.04. The van der Waals surface area contributed by atoms with E-state index in [1.165, 1.54) is 12.1 Å². The van der Waals surface area contributed by atoms with Crippen molar-refractivity contribution >= 4 is 26.9 Å².